The summed E-state index contributed by atoms with van der Waals surface area (Å²) in [5.41, 5.74) is 1.41. The minimum atomic E-state index is -0.602. The van der Waals surface area contributed by atoms with Crippen LogP contribution in [0.1, 0.15) is 38.8 Å². The fourth-order valence-corrected chi connectivity index (χ4v) is 3.24. The molecule has 0 radical (unpaired) electrons. The second-order valence-electron chi connectivity index (χ2n) is 7.87. The highest BCUT2D eigenvalue weighted by atomic mass is 79.9. The molecule has 0 heterocycles. The molecular formula is C22H26BrClN2O2. The third-order valence-electron chi connectivity index (χ3n) is 4.18. The van der Waals surface area contributed by atoms with Gasteiger partial charge in [0.1, 0.15) is 6.04 Å². The van der Waals surface area contributed by atoms with Crippen LogP contribution in [0.3, 0.4) is 0 Å². The molecule has 0 aliphatic carbocycles. The molecule has 0 saturated heterocycles. The Kier molecular flexibility index (Phi) is 7.67. The number of hydrogen-bond donors (Lipinski definition) is 1. The summed E-state index contributed by atoms with van der Waals surface area (Å²) < 4.78 is 0.964. The van der Waals surface area contributed by atoms with Crippen LogP contribution in [0.25, 0.3) is 0 Å². The third-order valence-corrected chi connectivity index (χ3v) is 4.94. The minimum absolute atomic E-state index is 0.123. The monoisotopic (exact) mass is 464 g/mol. The lowest BCUT2D eigenvalue weighted by Crippen LogP contribution is -2.52. The Morgan fingerprint density at radius 1 is 1.11 bits per heavy atom. The fourth-order valence-electron chi connectivity index (χ4n) is 2.77. The van der Waals surface area contributed by atoms with Crippen molar-refractivity contribution in [1.29, 1.82) is 0 Å². The summed E-state index contributed by atoms with van der Waals surface area (Å²) in [7, 11) is 0. The van der Waals surface area contributed by atoms with E-state index in [2.05, 4.69) is 21.2 Å². The third kappa shape index (κ3) is 6.95. The van der Waals surface area contributed by atoms with Crippen LogP contribution in [0.4, 0.5) is 0 Å². The largest absolute Gasteiger partial charge is 0.350 e. The van der Waals surface area contributed by atoms with Gasteiger partial charge < -0.3 is 10.2 Å². The van der Waals surface area contributed by atoms with E-state index in [1.165, 1.54) is 0 Å². The molecule has 0 fully saturated rings. The number of carbonyl (C=O) groups is 2. The van der Waals surface area contributed by atoms with Gasteiger partial charge in [0.25, 0.3) is 0 Å². The highest BCUT2D eigenvalue weighted by molar-refractivity contribution is 9.10. The van der Waals surface area contributed by atoms with Crippen molar-refractivity contribution in [3.63, 3.8) is 0 Å². The summed E-state index contributed by atoms with van der Waals surface area (Å²) in [6.45, 7) is 7.88. The van der Waals surface area contributed by atoms with Gasteiger partial charge in [0.15, 0.2) is 0 Å². The molecule has 0 aromatic heterocycles. The van der Waals surface area contributed by atoms with Crippen molar-refractivity contribution in [1.82, 2.24) is 10.2 Å². The number of amides is 2. The molecule has 150 valence electrons. The lowest BCUT2D eigenvalue weighted by molar-refractivity contribution is -0.140. The SMILES string of the molecule is C[C@@H](C(=O)NC(C)(C)C)N(Cc1ccc(Br)cc1)C(=O)Cc1cccc(Cl)c1. The van der Waals surface area contributed by atoms with Gasteiger partial charge in [-0.1, -0.05) is 51.8 Å². The first-order chi connectivity index (χ1) is 13.0. The van der Waals surface area contributed by atoms with E-state index in [0.29, 0.717) is 11.6 Å². The number of rotatable bonds is 6. The maximum absolute atomic E-state index is 13.1. The van der Waals surface area contributed by atoms with E-state index < -0.39 is 6.04 Å². The predicted octanol–water partition coefficient (Wildman–Crippen LogP) is 4.98. The van der Waals surface area contributed by atoms with E-state index in [-0.39, 0.29) is 23.8 Å². The van der Waals surface area contributed by atoms with Crippen molar-refractivity contribution in [2.24, 2.45) is 0 Å². The Morgan fingerprint density at radius 3 is 2.32 bits per heavy atom. The summed E-state index contributed by atoms with van der Waals surface area (Å²) in [5, 5.41) is 3.55. The fraction of sp³-hybridized carbons (Fsp3) is 0.364. The molecule has 2 aromatic carbocycles. The number of nitrogens with one attached hydrogen (secondary N) is 1. The van der Waals surface area contributed by atoms with E-state index in [1.807, 2.05) is 57.2 Å². The van der Waals surface area contributed by atoms with Crippen molar-refractivity contribution < 1.29 is 9.59 Å². The molecule has 0 unspecified atom stereocenters. The Labute approximate surface area is 180 Å². The van der Waals surface area contributed by atoms with E-state index in [4.69, 9.17) is 11.6 Å². The van der Waals surface area contributed by atoms with Crippen molar-refractivity contribution >= 4 is 39.3 Å². The maximum Gasteiger partial charge on any atom is 0.242 e. The topological polar surface area (TPSA) is 49.4 Å². The van der Waals surface area contributed by atoms with Crippen LogP contribution in [-0.4, -0.2) is 28.3 Å². The zero-order valence-corrected chi connectivity index (χ0v) is 19.0. The standard InChI is InChI=1S/C22H26BrClN2O2/c1-15(21(28)25-22(2,3)4)26(14-16-8-10-18(23)11-9-16)20(27)13-17-6-5-7-19(24)12-17/h5-12,15H,13-14H2,1-4H3,(H,25,28)/t15-/m0/s1. The Hall–Kier alpha value is -1.85. The van der Waals surface area contributed by atoms with Crippen molar-refractivity contribution in [3.8, 4) is 0 Å². The first-order valence-electron chi connectivity index (χ1n) is 9.15. The highest BCUT2D eigenvalue weighted by Gasteiger charge is 2.28. The van der Waals surface area contributed by atoms with E-state index in [1.54, 1.807) is 24.0 Å². The van der Waals surface area contributed by atoms with Crippen LogP contribution in [0.15, 0.2) is 53.0 Å². The second kappa shape index (κ2) is 9.57. The number of hydrogen-bond acceptors (Lipinski definition) is 2. The lowest BCUT2D eigenvalue weighted by Gasteiger charge is -2.31. The summed E-state index contributed by atoms with van der Waals surface area (Å²) in [5.74, 6) is -0.300. The molecular weight excluding hydrogens is 440 g/mol. The molecule has 0 aliphatic rings. The van der Waals surface area contributed by atoms with E-state index in [9.17, 15) is 9.59 Å². The quantitative estimate of drug-likeness (QED) is 0.654. The lowest BCUT2D eigenvalue weighted by atomic mass is 10.1. The molecule has 1 N–H and O–H groups in total. The van der Waals surface area contributed by atoms with Gasteiger partial charge in [0, 0.05) is 21.6 Å². The summed E-state index contributed by atoms with van der Waals surface area (Å²) in [6.07, 6.45) is 0.185. The molecule has 6 heteroatoms. The predicted molar refractivity (Wildman–Crippen MR) is 117 cm³/mol. The van der Waals surface area contributed by atoms with Gasteiger partial charge in [-0.05, 0) is 63.1 Å². The van der Waals surface area contributed by atoms with Crippen LogP contribution < -0.4 is 5.32 Å². The smallest absolute Gasteiger partial charge is 0.242 e. The maximum atomic E-state index is 13.1. The number of halogens is 2. The van der Waals surface area contributed by atoms with Crippen molar-refractivity contribution in [3.05, 3.63) is 69.2 Å². The van der Waals surface area contributed by atoms with Gasteiger partial charge in [-0.25, -0.2) is 0 Å². The second-order valence-corrected chi connectivity index (χ2v) is 9.22. The van der Waals surface area contributed by atoms with Crippen LogP contribution in [0.5, 0.6) is 0 Å². The zero-order chi connectivity index (χ0) is 20.9. The van der Waals surface area contributed by atoms with Gasteiger partial charge in [-0.3, -0.25) is 9.59 Å². The summed E-state index contributed by atoms with van der Waals surface area (Å²) in [4.78, 5) is 27.4. The molecule has 4 nitrogen and oxygen atoms in total. The van der Waals surface area contributed by atoms with Crippen LogP contribution in [0.2, 0.25) is 5.02 Å². The Morgan fingerprint density at radius 2 is 1.75 bits per heavy atom. The van der Waals surface area contributed by atoms with Gasteiger partial charge in [0.05, 0.1) is 6.42 Å². The minimum Gasteiger partial charge on any atom is -0.350 e. The molecule has 2 rings (SSSR count). The molecule has 0 spiro atoms. The zero-order valence-electron chi connectivity index (χ0n) is 16.6. The van der Waals surface area contributed by atoms with Crippen LogP contribution in [0, 0.1) is 0 Å². The Balaban J connectivity index is 2.24. The van der Waals surface area contributed by atoms with Crippen LogP contribution in [-0.2, 0) is 22.6 Å². The first kappa shape index (κ1) is 22.4. The van der Waals surface area contributed by atoms with Gasteiger partial charge in [0.2, 0.25) is 11.8 Å². The molecule has 2 amide bonds. The summed E-state index contributed by atoms with van der Waals surface area (Å²) in [6, 6.07) is 14.4. The molecule has 28 heavy (non-hydrogen) atoms. The van der Waals surface area contributed by atoms with Gasteiger partial charge in [-0.15, -0.1) is 0 Å². The van der Waals surface area contributed by atoms with E-state index >= 15 is 0 Å². The molecule has 0 aliphatic heterocycles. The molecule has 2 aromatic rings. The average Bonchev–Trinajstić information content (AvgIpc) is 2.59. The summed E-state index contributed by atoms with van der Waals surface area (Å²) >= 11 is 9.46. The number of benzene rings is 2. The normalized spacial score (nSPS) is 12.4. The number of carbonyl (C=O) groups excluding carboxylic acids is 2. The highest BCUT2D eigenvalue weighted by Crippen LogP contribution is 2.17. The van der Waals surface area contributed by atoms with Crippen molar-refractivity contribution in [2.45, 2.75) is 52.2 Å². The average molecular weight is 466 g/mol. The van der Waals surface area contributed by atoms with Gasteiger partial charge in [-0.2, -0.15) is 0 Å². The van der Waals surface area contributed by atoms with Crippen LogP contribution >= 0.6 is 27.5 Å². The van der Waals surface area contributed by atoms with Crippen molar-refractivity contribution in [2.75, 3.05) is 0 Å². The molecule has 0 saturated carbocycles. The molecule has 0 bridgehead atoms. The number of nitrogens with zero attached hydrogens (tertiary/aromatic N) is 1. The van der Waals surface area contributed by atoms with Gasteiger partial charge >= 0.3 is 0 Å². The Bertz CT molecular complexity index is 831. The molecule has 1 atom stereocenters. The first-order valence-corrected chi connectivity index (χ1v) is 10.3. The van der Waals surface area contributed by atoms with E-state index in [0.717, 1.165) is 15.6 Å².